The first-order chi connectivity index (χ1) is 9.42. The molecule has 0 amide bonds. The van der Waals surface area contributed by atoms with Gasteiger partial charge in [-0.25, -0.2) is 0 Å². The Morgan fingerprint density at radius 3 is 1.58 bits per heavy atom. The molecule has 1 aliphatic rings. The van der Waals surface area contributed by atoms with Crippen molar-refractivity contribution in [3.05, 3.63) is 60.7 Å². The van der Waals surface area contributed by atoms with Gasteiger partial charge in [-0.3, -0.25) is 0 Å². The van der Waals surface area contributed by atoms with Gasteiger partial charge >= 0.3 is 0 Å². The van der Waals surface area contributed by atoms with Crippen LogP contribution in [0.4, 0.5) is 0 Å². The summed E-state index contributed by atoms with van der Waals surface area (Å²) in [7, 11) is -0.888. The van der Waals surface area contributed by atoms with Gasteiger partial charge in [0.1, 0.15) is 11.5 Å². The third-order valence-corrected chi connectivity index (χ3v) is 5.14. The molecule has 3 rings (SSSR count). The lowest BCUT2D eigenvalue weighted by Crippen LogP contribution is -2.20. The van der Waals surface area contributed by atoms with E-state index in [-0.39, 0.29) is 0 Å². The summed E-state index contributed by atoms with van der Waals surface area (Å²) in [5.41, 5.74) is 0.565. The highest BCUT2D eigenvalue weighted by Crippen LogP contribution is 2.52. The lowest BCUT2D eigenvalue weighted by Gasteiger charge is -2.31. The fourth-order valence-corrected chi connectivity index (χ4v) is 3.72. The van der Waals surface area contributed by atoms with Crippen molar-refractivity contribution in [1.29, 1.82) is 0 Å². The van der Waals surface area contributed by atoms with Crippen molar-refractivity contribution in [2.45, 2.75) is 24.9 Å². The van der Waals surface area contributed by atoms with Crippen LogP contribution in [0.5, 0.6) is 11.5 Å². The molecule has 0 radical (unpaired) electrons. The Bertz CT molecular complexity index is 455. The minimum Gasteiger partial charge on any atom is -0.438 e. The number of para-hydroxylation sites is 2. The van der Waals surface area contributed by atoms with Gasteiger partial charge in [-0.2, -0.15) is 0 Å². The second kappa shape index (κ2) is 6.08. The molecule has 19 heavy (non-hydrogen) atoms. The second-order valence-corrected chi connectivity index (χ2v) is 6.34. The van der Waals surface area contributed by atoms with Gasteiger partial charge in [0.25, 0.3) is 8.38 Å². The van der Waals surface area contributed by atoms with Crippen LogP contribution >= 0.6 is 8.38 Å². The summed E-state index contributed by atoms with van der Waals surface area (Å²) in [5, 5.41) is 0. The van der Waals surface area contributed by atoms with Crippen LogP contribution in [0.25, 0.3) is 0 Å². The lowest BCUT2D eigenvalue weighted by atomic mass is 10.00. The monoisotopic (exact) mass is 272 g/mol. The van der Waals surface area contributed by atoms with E-state index < -0.39 is 8.38 Å². The highest BCUT2D eigenvalue weighted by atomic mass is 31.2. The largest absolute Gasteiger partial charge is 0.438 e. The normalized spacial score (nSPS) is 15.0. The van der Waals surface area contributed by atoms with Crippen LogP contribution in [0.1, 0.15) is 19.3 Å². The molecule has 0 heterocycles. The quantitative estimate of drug-likeness (QED) is 0.712. The summed E-state index contributed by atoms with van der Waals surface area (Å²) < 4.78 is 12.1. The predicted molar refractivity (Wildman–Crippen MR) is 78.7 cm³/mol. The van der Waals surface area contributed by atoms with Crippen molar-refractivity contribution < 1.29 is 9.05 Å². The molecule has 2 aromatic rings. The van der Waals surface area contributed by atoms with Gasteiger partial charge in [-0.15, -0.1) is 0 Å². The molecule has 0 aromatic heterocycles. The Morgan fingerprint density at radius 2 is 1.21 bits per heavy atom. The topological polar surface area (TPSA) is 18.5 Å². The maximum absolute atomic E-state index is 6.06. The Balaban J connectivity index is 1.71. The van der Waals surface area contributed by atoms with Gasteiger partial charge in [0.15, 0.2) is 0 Å². The molecular formula is C16H17O2P. The molecule has 0 unspecified atom stereocenters. The van der Waals surface area contributed by atoms with Gasteiger partial charge in [0.2, 0.25) is 0 Å². The van der Waals surface area contributed by atoms with Crippen LogP contribution in [0.15, 0.2) is 60.7 Å². The van der Waals surface area contributed by atoms with Gasteiger partial charge in [0.05, 0.1) is 5.66 Å². The molecule has 0 atom stereocenters. The summed E-state index contributed by atoms with van der Waals surface area (Å²) in [4.78, 5) is 0. The minimum atomic E-state index is -0.888. The van der Waals surface area contributed by atoms with E-state index in [4.69, 9.17) is 9.05 Å². The van der Waals surface area contributed by atoms with Crippen LogP contribution in [0.2, 0.25) is 0 Å². The first kappa shape index (κ1) is 12.5. The highest BCUT2D eigenvalue weighted by Gasteiger charge is 2.32. The number of benzene rings is 2. The van der Waals surface area contributed by atoms with Crippen LogP contribution in [0.3, 0.4) is 0 Å². The summed E-state index contributed by atoms with van der Waals surface area (Å²) in [6.45, 7) is 0. The van der Waals surface area contributed by atoms with Crippen molar-refractivity contribution in [1.82, 2.24) is 0 Å². The van der Waals surface area contributed by atoms with E-state index in [1.807, 2.05) is 60.7 Å². The molecule has 1 saturated carbocycles. The molecule has 2 aromatic carbocycles. The standard InChI is InChI=1S/C16H17O2P/c1-3-8-14(9-4-1)17-19(16-12-7-13-16)18-15-10-5-2-6-11-15/h1-6,8-11,16H,7,12-13H2. The molecule has 1 fully saturated rings. The van der Waals surface area contributed by atoms with Gasteiger partial charge in [-0.05, 0) is 37.1 Å². The van der Waals surface area contributed by atoms with Crippen LogP contribution in [0, 0.1) is 0 Å². The summed E-state index contributed by atoms with van der Waals surface area (Å²) in [6.07, 6.45) is 3.72. The van der Waals surface area contributed by atoms with Gasteiger partial charge in [0, 0.05) is 0 Å². The summed E-state index contributed by atoms with van der Waals surface area (Å²) in [5.74, 6) is 1.80. The molecule has 0 bridgehead atoms. The third-order valence-electron chi connectivity index (χ3n) is 3.25. The lowest BCUT2D eigenvalue weighted by molar-refractivity contribution is 0.416. The van der Waals surface area contributed by atoms with Crippen LogP contribution in [-0.4, -0.2) is 5.66 Å². The van der Waals surface area contributed by atoms with Crippen molar-refractivity contribution in [3.63, 3.8) is 0 Å². The molecule has 1 aliphatic carbocycles. The molecule has 0 aliphatic heterocycles. The second-order valence-electron chi connectivity index (χ2n) is 4.68. The molecule has 98 valence electrons. The van der Waals surface area contributed by atoms with Crippen molar-refractivity contribution in [3.8, 4) is 11.5 Å². The third kappa shape index (κ3) is 3.27. The molecule has 2 nitrogen and oxygen atoms in total. The zero-order valence-electron chi connectivity index (χ0n) is 10.7. The van der Waals surface area contributed by atoms with Crippen LogP contribution < -0.4 is 9.05 Å². The Kier molecular flexibility index (Phi) is 4.00. The van der Waals surface area contributed by atoms with Gasteiger partial charge in [-0.1, -0.05) is 42.8 Å². The minimum absolute atomic E-state index is 0.565. The van der Waals surface area contributed by atoms with Gasteiger partial charge < -0.3 is 9.05 Å². The average Bonchev–Trinajstić information content (AvgIpc) is 2.39. The van der Waals surface area contributed by atoms with E-state index in [2.05, 4.69) is 0 Å². The van der Waals surface area contributed by atoms with Crippen LogP contribution in [-0.2, 0) is 0 Å². The molecule has 0 saturated heterocycles. The SMILES string of the molecule is c1ccc(OP(Oc2ccccc2)C2CCC2)cc1. The number of rotatable bonds is 5. The molecule has 0 spiro atoms. The predicted octanol–water partition coefficient (Wildman–Crippen LogP) is 5.01. The van der Waals surface area contributed by atoms with E-state index in [9.17, 15) is 0 Å². The first-order valence-electron chi connectivity index (χ1n) is 6.67. The molecular weight excluding hydrogens is 255 g/mol. The maximum atomic E-state index is 6.06. The zero-order valence-corrected chi connectivity index (χ0v) is 11.6. The maximum Gasteiger partial charge on any atom is 0.293 e. The zero-order chi connectivity index (χ0) is 12.9. The smallest absolute Gasteiger partial charge is 0.293 e. The van der Waals surface area contributed by atoms with Crippen molar-refractivity contribution in [2.75, 3.05) is 0 Å². The fourth-order valence-electron chi connectivity index (χ4n) is 1.94. The summed E-state index contributed by atoms with van der Waals surface area (Å²) >= 11 is 0. The Labute approximate surface area is 115 Å². The summed E-state index contributed by atoms with van der Waals surface area (Å²) in [6, 6.07) is 19.9. The Hall–Kier alpha value is -1.53. The van der Waals surface area contributed by atoms with E-state index in [0.29, 0.717) is 5.66 Å². The van der Waals surface area contributed by atoms with E-state index in [1.165, 1.54) is 19.3 Å². The average molecular weight is 272 g/mol. The molecule has 3 heteroatoms. The fraction of sp³-hybridized carbons (Fsp3) is 0.250. The number of hydrogen-bond donors (Lipinski definition) is 0. The van der Waals surface area contributed by atoms with E-state index in [1.54, 1.807) is 0 Å². The molecule has 0 N–H and O–H groups in total. The van der Waals surface area contributed by atoms with E-state index in [0.717, 1.165) is 11.5 Å². The van der Waals surface area contributed by atoms with Crippen molar-refractivity contribution >= 4 is 8.38 Å². The van der Waals surface area contributed by atoms with Crippen molar-refractivity contribution in [2.24, 2.45) is 0 Å². The Morgan fingerprint density at radius 1 is 0.737 bits per heavy atom. The van der Waals surface area contributed by atoms with E-state index >= 15 is 0 Å². The number of hydrogen-bond acceptors (Lipinski definition) is 2. The highest BCUT2D eigenvalue weighted by molar-refractivity contribution is 7.49. The first-order valence-corrected chi connectivity index (χ1v) is 7.92.